The van der Waals surface area contributed by atoms with Crippen molar-refractivity contribution in [3.8, 4) is 5.69 Å². The number of carbonyl (C=O) groups excluding carboxylic acids is 1. The molecular formula is C17H15ClF3N5OS. The zero-order chi connectivity index (χ0) is 20.3. The number of aryl methyl sites for hydroxylation is 1. The van der Waals surface area contributed by atoms with E-state index in [0.717, 1.165) is 30.4 Å². The molecule has 0 atom stereocenters. The van der Waals surface area contributed by atoms with E-state index in [9.17, 15) is 18.0 Å². The van der Waals surface area contributed by atoms with Crippen LogP contribution in [0.4, 0.5) is 18.3 Å². The summed E-state index contributed by atoms with van der Waals surface area (Å²) >= 11 is 6.92. The van der Waals surface area contributed by atoms with Gasteiger partial charge in [-0.1, -0.05) is 36.3 Å². The van der Waals surface area contributed by atoms with Gasteiger partial charge in [-0.2, -0.15) is 18.3 Å². The number of alkyl halides is 3. The monoisotopic (exact) mass is 429 g/mol. The second-order valence-electron chi connectivity index (χ2n) is 5.85. The van der Waals surface area contributed by atoms with Crippen LogP contribution >= 0.6 is 22.9 Å². The lowest BCUT2D eigenvalue weighted by Gasteiger charge is -2.12. The van der Waals surface area contributed by atoms with Crippen molar-refractivity contribution in [2.24, 2.45) is 0 Å². The Balaban J connectivity index is 1.90. The number of amides is 1. The summed E-state index contributed by atoms with van der Waals surface area (Å²) in [7, 11) is 0. The SMILES string of the molecule is CCCCc1nnc(NC(=O)c2cnn(-c3ccc(Cl)cc3)c2C(F)(F)F)s1. The molecule has 3 rings (SSSR count). The zero-order valence-corrected chi connectivity index (χ0v) is 16.2. The molecule has 1 N–H and O–H groups in total. The number of aromatic nitrogens is 4. The number of nitrogens with zero attached hydrogens (tertiary/aromatic N) is 4. The van der Waals surface area contributed by atoms with Gasteiger partial charge in [0.05, 0.1) is 17.4 Å². The van der Waals surface area contributed by atoms with Crippen molar-refractivity contribution in [2.75, 3.05) is 5.32 Å². The highest BCUT2D eigenvalue weighted by atomic mass is 35.5. The molecule has 0 radical (unpaired) electrons. The molecule has 0 aliphatic heterocycles. The zero-order valence-electron chi connectivity index (χ0n) is 14.6. The molecule has 11 heteroatoms. The molecule has 0 aliphatic carbocycles. The Hall–Kier alpha value is -2.46. The lowest BCUT2D eigenvalue weighted by Crippen LogP contribution is -2.20. The van der Waals surface area contributed by atoms with Crippen LogP contribution in [-0.2, 0) is 12.6 Å². The summed E-state index contributed by atoms with van der Waals surface area (Å²) in [6.45, 7) is 2.03. The van der Waals surface area contributed by atoms with Crippen molar-refractivity contribution >= 4 is 34.0 Å². The average Bonchev–Trinajstić information content (AvgIpc) is 3.27. The van der Waals surface area contributed by atoms with Gasteiger partial charge in [-0.15, -0.1) is 10.2 Å². The van der Waals surface area contributed by atoms with E-state index in [4.69, 9.17) is 11.6 Å². The van der Waals surface area contributed by atoms with E-state index in [1.807, 2.05) is 6.92 Å². The smallest absolute Gasteiger partial charge is 0.296 e. The number of benzene rings is 1. The molecule has 0 spiro atoms. The lowest BCUT2D eigenvalue weighted by atomic mass is 10.2. The van der Waals surface area contributed by atoms with Crippen LogP contribution in [0.5, 0.6) is 0 Å². The van der Waals surface area contributed by atoms with E-state index in [2.05, 4.69) is 20.6 Å². The molecule has 0 aliphatic rings. The maximum absolute atomic E-state index is 13.7. The van der Waals surface area contributed by atoms with E-state index >= 15 is 0 Å². The molecule has 6 nitrogen and oxygen atoms in total. The third kappa shape index (κ3) is 4.50. The number of unbranched alkanes of at least 4 members (excludes halogenated alkanes) is 1. The molecule has 0 saturated heterocycles. The van der Waals surface area contributed by atoms with Crippen LogP contribution < -0.4 is 5.32 Å². The second kappa shape index (κ2) is 8.27. The van der Waals surface area contributed by atoms with Crippen molar-refractivity contribution in [3.63, 3.8) is 0 Å². The quantitative estimate of drug-likeness (QED) is 0.599. The molecule has 0 saturated carbocycles. The Morgan fingerprint density at radius 1 is 1.25 bits per heavy atom. The van der Waals surface area contributed by atoms with Crippen LogP contribution in [0.3, 0.4) is 0 Å². The summed E-state index contributed by atoms with van der Waals surface area (Å²) in [5, 5.41) is 15.1. The summed E-state index contributed by atoms with van der Waals surface area (Å²) in [6, 6.07) is 5.66. The first-order valence-corrected chi connectivity index (χ1v) is 9.54. The Kier molecular flexibility index (Phi) is 5.99. The van der Waals surface area contributed by atoms with Crippen molar-refractivity contribution in [1.29, 1.82) is 0 Å². The minimum absolute atomic E-state index is 0.133. The van der Waals surface area contributed by atoms with E-state index in [1.54, 1.807) is 0 Å². The van der Waals surface area contributed by atoms with Gasteiger partial charge in [0, 0.05) is 11.4 Å². The number of rotatable bonds is 6. The van der Waals surface area contributed by atoms with Gasteiger partial charge in [-0.3, -0.25) is 10.1 Å². The summed E-state index contributed by atoms with van der Waals surface area (Å²) in [5.41, 5.74) is -1.65. The van der Waals surface area contributed by atoms with Crippen LogP contribution in [0.15, 0.2) is 30.5 Å². The first kappa shape index (κ1) is 20.3. The van der Waals surface area contributed by atoms with Crippen LogP contribution in [0.2, 0.25) is 5.02 Å². The normalized spacial score (nSPS) is 11.6. The molecule has 1 amide bonds. The summed E-state index contributed by atoms with van der Waals surface area (Å²) in [4.78, 5) is 12.5. The average molecular weight is 430 g/mol. The van der Waals surface area contributed by atoms with Gasteiger partial charge in [0.2, 0.25) is 5.13 Å². The van der Waals surface area contributed by atoms with Gasteiger partial charge in [0.1, 0.15) is 5.01 Å². The van der Waals surface area contributed by atoms with Crippen molar-refractivity contribution in [1.82, 2.24) is 20.0 Å². The highest BCUT2D eigenvalue weighted by Gasteiger charge is 2.40. The minimum atomic E-state index is -4.80. The largest absolute Gasteiger partial charge is 0.434 e. The van der Waals surface area contributed by atoms with Crippen molar-refractivity contribution in [2.45, 2.75) is 32.4 Å². The Labute approximate surface area is 167 Å². The van der Waals surface area contributed by atoms with Gasteiger partial charge >= 0.3 is 6.18 Å². The fourth-order valence-electron chi connectivity index (χ4n) is 2.46. The van der Waals surface area contributed by atoms with Crippen LogP contribution in [0.25, 0.3) is 5.69 Å². The number of carbonyl (C=O) groups is 1. The predicted molar refractivity (Wildman–Crippen MR) is 100 cm³/mol. The molecule has 3 aromatic rings. The topological polar surface area (TPSA) is 72.7 Å². The maximum Gasteiger partial charge on any atom is 0.434 e. The summed E-state index contributed by atoms with van der Waals surface area (Å²) < 4.78 is 41.6. The van der Waals surface area contributed by atoms with Crippen molar-refractivity contribution < 1.29 is 18.0 Å². The number of nitrogens with one attached hydrogen (secondary N) is 1. The molecular weight excluding hydrogens is 415 g/mol. The van der Waals surface area contributed by atoms with Gasteiger partial charge in [-0.25, -0.2) is 4.68 Å². The molecule has 2 aromatic heterocycles. The number of hydrogen-bond acceptors (Lipinski definition) is 5. The Morgan fingerprint density at radius 3 is 2.61 bits per heavy atom. The summed E-state index contributed by atoms with van der Waals surface area (Å²) in [5.74, 6) is -0.953. The maximum atomic E-state index is 13.7. The highest BCUT2D eigenvalue weighted by molar-refractivity contribution is 7.15. The standard InChI is InChI=1S/C17H15ClF3N5OS/c1-2-3-4-13-24-25-16(28-13)23-15(27)12-9-22-26(14(12)17(19,20)21)11-7-5-10(18)6-8-11/h5-9H,2-4H2,1H3,(H,23,25,27). The Bertz CT molecular complexity index is 968. The molecule has 28 heavy (non-hydrogen) atoms. The number of halogens is 4. The van der Waals surface area contributed by atoms with Gasteiger partial charge in [0.25, 0.3) is 5.91 Å². The van der Waals surface area contributed by atoms with E-state index in [-0.39, 0.29) is 10.8 Å². The first-order chi connectivity index (χ1) is 13.3. The van der Waals surface area contributed by atoms with Crippen LogP contribution in [-0.4, -0.2) is 25.9 Å². The molecule has 0 bridgehead atoms. The third-order valence-corrected chi connectivity index (χ3v) is 4.94. The predicted octanol–water partition coefficient (Wildman–Crippen LogP) is 4.99. The van der Waals surface area contributed by atoms with Crippen LogP contribution in [0, 0.1) is 0 Å². The molecule has 0 fully saturated rings. The van der Waals surface area contributed by atoms with Gasteiger partial charge < -0.3 is 0 Å². The number of anilines is 1. The highest BCUT2D eigenvalue weighted by Crippen LogP contribution is 2.34. The number of hydrogen-bond donors (Lipinski definition) is 1. The van der Waals surface area contributed by atoms with E-state index in [0.29, 0.717) is 21.1 Å². The minimum Gasteiger partial charge on any atom is -0.296 e. The van der Waals surface area contributed by atoms with Gasteiger partial charge in [-0.05, 0) is 30.7 Å². The molecule has 0 unspecified atom stereocenters. The fourth-order valence-corrected chi connectivity index (χ4v) is 3.37. The summed E-state index contributed by atoms with van der Waals surface area (Å²) in [6.07, 6.45) is -1.33. The van der Waals surface area contributed by atoms with E-state index in [1.165, 1.54) is 24.3 Å². The lowest BCUT2D eigenvalue weighted by molar-refractivity contribution is -0.143. The molecule has 2 heterocycles. The second-order valence-corrected chi connectivity index (χ2v) is 7.35. The first-order valence-electron chi connectivity index (χ1n) is 8.34. The molecule has 1 aromatic carbocycles. The Morgan fingerprint density at radius 2 is 1.96 bits per heavy atom. The molecule has 148 valence electrons. The van der Waals surface area contributed by atoms with Crippen molar-refractivity contribution in [3.05, 3.63) is 51.7 Å². The van der Waals surface area contributed by atoms with E-state index < -0.39 is 23.3 Å². The third-order valence-electron chi connectivity index (χ3n) is 3.79. The van der Waals surface area contributed by atoms with Gasteiger partial charge in [0.15, 0.2) is 5.69 Å². The van der Waals surface area contributed by atoms with Crippen LogP contribution in [0.1, 0.15) is 40.8 Å². The fraction of sp³-hybridized carbons (Fsp3) is 0.294.